The van der Waals surface area contributed by atoms with Crippen LogP contribution in [-0.4, -0.2) is 30.8 Å². The van der Waals surface area contributed by atoms with Gasteiger partial charge in [-0.05, 0) is 38.8 Å². The lowest BCUT2D eigenvalue weighted by Crippen LogP contribution is -2.40. The van der Waals surface area contributed by atoms with E-state index in [1.54, 1.807) is 6.20 Å². The largest absolute Gasteiger partial charge is 0.342 e. The van der Waals surface area contributed by atoms with Gasteiger partial charge in [0.15, 0.2) is 11.6 Å². The number of anilines is 1. The Bertz CT molecular complexity index is 665. The lowest BCUT2D eigenvalue weighted by molar-refractivity contribution is 0.477. The monoisotopic (exact) mass is 306 g/mol. The molecule has 1 aliphatic heterocycles. The highest BCUT2D eigenvalue weighted by molar-refractivity contribution is 6.28. The maximum atomic E-state index is 6.02. The third kappa shape index (κ3) is 2.18. The number of hydrogen-bond acceptors (Lipinski definition) is 5. The van der Waals surface area contributed by atoms with Crippen molar-refractivity contribution in [3.8, 4) is 5.69 Å². The van der Waals surface area contributed by atoms with Gasteiger partial charge in [0.05, 0.1) is 12.2 Å². The van der Waals surface area contributed by atoms with E-state index in [9.17, 15) is 0 Å². The van der Waals surface area contributed by atoms with Gasteiger partial charge in [-0.3, -0.25) is 4.57 Å². The smallest absolute Gasteiger partial charge is 0.224 e. The molecule has 0 aliphatic carbocycles. The summed E-state index contributed by atoms with van der Waals surface area (Å²) in [5.41, 5.74) is 0.901. The number of halogens is 1. The molecular formula is C14H19ClN6. The van der Waals surface area contributed by atoms with E-state index in [1.807, 2.05) is 11.5 Å². The van der Waals surface area contributed by atoms with Gasteiger partial charge < -0.3 is 4.90 Å². The lowest BCUT2D eigenvalue weighted by atomic mass is 10.0. The molecule has 21 heavy (non-hydrogen) atoms. The number of nitrogens with zero attached hydrogens (tertiary/aromatic N) is 6. The van der Waals surface area contributed by atoms with E-state index >= 15 is 0 Å². The highest BCUT2D eigenvalue weighted by Crippen LogP contribution is 2.40. The summed E-state index contributed by atoms with van der Waals surface area (Å²) in [6.07, 6.45) is 3.81. The number of hydrogen-bond donors (Lipinski definition) is 0. The van der Waals surface area contributed by atoms with Crippen LogP contribution >= 0.6 is 11.6 Å². The van der Waals surface area contributed by atoms with Crippen LogP contribution in [0.25, 0.3) is 5.69 Å². The second-order valence-corrected chi connectivity index (χ2v) is 5.93. The molecule has 3 heterocycles. The van der Waals surface area contributed by atoms with Gasteiger partial charge >= 0.3 is 0 Å². The zero-order chi connectivity index (χ0) is 15.1. The summed E-state index contributed by atoms with van der Waals surface area (Å²) in [6, 6.07) is 0.451. The molecule has 0 saturated heterocycles. The molecule has 3 rings (SSSR count). The number of aryl methyl sites for hydroxylation is 1. The molecule has 112 valence electrons. The van der Waals surface area contributed by atoms with Crippen LogP contribution in [0.4, 0.5) is 5.82 Å². The van der Waals surface area contributed by atoms with Crippen molar-refractivity contribution in [1.29, 1.82) is 0 Å². The predicted octanol–water partition coefficient (Wildman–Crippen LogP) is 3.09. The molecule has 0 saturated carbocycles. The Kier molecular flexibility index (Phi) is 3.57. The first-order valence-corrected chi connectivity index (χ1v) is 7.65. The van der Waals surface area contributed by atoms with E-state index in [0.29, 0.717) is 0 Å². The summed E-state index contributed by atoms with van der Waals surface area (Å²) in [7, 11) is 0. The van der Waals surface area contributed by atoms with Gasteiger partial charge in [-0.15, -0.1) is 10.2 Å². The first-order valence-electron chi connectivity index (χ1n) is 7.27. The highest BCUT2D eigenvalue weighted by Gasteiger charge is 2.36. The number of rotatable bonds is 3. The van der Waals surface area contributed by atoms with Crippen molar-refractivity contribution < 1.29 is 0 Å². The minimum atomic E-state index is 0.162. The van der Waals surface area contributed by atoms with Gasteiger partial charge in [0.25, 0.3) is 0 Å². The minimum absolute atomic E-state index is 0.162. The fourth-order valence-electron chi connectivity index (χ4n) is 3.00. The molecule has 1 aliphatic rings. The van der Waals surface area contributed by atoms with Crippen molar-refractivity contribution in [1.82, 2.24) is 24.7 Å². The van der Waals surface area contributed by atoms with Crippen LogP contribution in [0, 0.1) is 6.92 Å². The van der Waals surface area contributed by atoms with Crippen molar-refractivity contribution in [3.05, 3.63) is 23.1 Å². The third-order valence-electron chi connectivity index (χ3n) is 3.81. The Labute approximate surface area is 129 Å². The predicted molar refractivity (Wildman–Crippen MR) is 82.0 cm³/mol. The molecule has 2 aromatic heterocycles. The standard InChI is InChI=1S/C14H19ClN6/c1-5-6-10-13-19-18-9(4)21(13)11-7-16-14(15)17-12(11)20(10)8(2)3/h7-8,10H,5-6H2,1-4H3/t10-/m1/s1. The molecule has 0 unspecified atom stereocenters. The Morgan fingerprint density at radius 2 is 2.10 bits per heavy atom. The molecule has 0 fully saturated rings. The molecule has 2 aromatic rings. The molecule has 0 bridgehead atoms. The summed E-state index contributed by atoms with van der Waals surface area (Å²) in [6.45, 7) is 8.43. The highest BCUT2D eigenvalue weighted by atomic mass is 35.5. The summed E-state index contributed by atoms with van der Waals surface area (Å²) < 4.78 is 2.05. The first-order chi connectivity index (χ1) is 10.0. The average Bonchev–Trinajstić information content (AvgIpc) is 2.81. The minimum Gasteiger partial charge on any atom is -0.342 e. The van der Waals surface area contributed by atoms with Gasteiger partial charge in [-0.1, -0.05) is 13.3 Å². The van der Waals surface area contributed by atoms with Crippen molar-refractivity contribution in [2.45, 2.75) is 52.6 Å². The topological polar surface area (TPSA) is 59.7 Å². The van der Waals surface area contributed by atoms with E-state index < -0.39 is 0 Å². The SMILES string of the molecule is CCC[C@@H]1c2nnc(C)n2-c2cnc(Cl)nc2N1C(C)C. The summed E-state index contributed by atoms with van der Waals surface area (Å²) in [5, 5.41) is 8.90. The average molecular weight is 307 g/mol. The molecule has 0 N–H and O–H groups in total. The fraction of sp³-hybridized carbons (Fsp3) is 0.571. The van der Waals surface area contributed by atoms with Crippen LogP contribution in [0.5, 0.6) is 0 Å². The van der Waals surface area contributed by atoms with Crippen molar-refractivity contribution in [3.63, 3.8) is 0 Å². The molecule has 7 heteroatoms. The fourth-order valence-corrected chi connectivity index (χ4v) is 3.13. The Hall–Kier alpha value is -1.69. The van der Waals surface area contributed by atoms with Crippen LogP contribution in [0.3, 0.4) is 0 Å². The van der Waals surface area contributed by atoms with E-state index in [0.717, 1.165) is 36.0 Å². The normalized spacial score (nSPS) is 17.0. The van der Waals surface area contributed by atoms with Gasteiger partial charge in [0.1, 0.15) is 11.5 Å². The van der Waals surface area contributed by atoms with Gasteiger partial charge in [0, 0.05) is 6.04 Å². The van der Waals surface area contributed by atoms with E-state index in [-0.39, 0.29) is 17.4 Å². The Balaban J connectivity index is 2.27. The van der Waals surface area contributed by atoms with Crippen molar-refractivity contribution in [2.24, 2.45) is 0 Å². The van der Waals surface area contributed by atoms with Crippen LogP contribution < -0.4 is 4.90 Å². The second-order valence-electron chi connectivity index (χ2n) is 5.59. The molecule has 0 spiro atoms. The van der Waals surface area contributed by atoms with Gasteiger partial charge in [0.2, 0.25) is 5.28 Å². The summed E-state index contributed by atoms with van der Waals surface area (Å²) in [5.74, 6) is 2.67. The first kappa shape index (κ1) is 14.3. The van der Waals surface area contributed by atoms with Crippen LogP contribution in [0.1, 0.15) is 51.3 Å². The lowest BCUT2D eigenvalue weighted by Gasteiger charge is -2.40. The number of fused-ring (bicyclic) bond motifs is 3. The quantitative estimate of drug-likeness (QED) is 0.816. The zero-order valence-corrected chi connectivity index (χ0v) is 13.5. The maximum Gasteiger partial charge on any atom is 0.224 e. The summed E-state index contributed by atoms with van der Waals surface area (Å²) >= 11 is 6.02. The van der Waals surface area contributed by atoms with Crippen molar-refractivity contribution >= 4 is 17.4 Å². The second kappa shape index (κ2) is 5.26. The van der Waals surface area contributed by atoms with Gasteiger partial charge in [-0.25, -0.2) is 4.98 Å². The molecule has 6 nitrogen and oxygen atoms in total. The summed E-state index contributed by atoms with van der Waals surface area (Å²) in [4.78, 5) is 10.9. The molecule has 0 radical (unpaired) electrons. The van der Waals surface area contributed by atoms with E-state index in [4.69, 9.17) is 11.6 Å². The Morgan fingerprint density at radius 1 is 1.33 bits per heavy atom. The zero-order valence-electron chi connectivity index (χ0n) is 12.7. The van der Waals surface area contributed by atoms with Crippen LogP contribution in [0.15, 0.2) is 6.20 Å². The van der Waals surface area contributed by atoms with E-state index in [1.165, 1.54) is 0 Å². The molecule has 0 aromatic carbocycles. The number of aromatic nitrogens is 5. The maximum absolute atomic E-state index is 6.02. The molecule has 1 atom stereocenters. The Morgan fingerprint density at radius 3 is 2.76 bits per heavy atom. The molecular weight excluding hydrogens is 288 g/mol. The third-order valence-corrected chi connectivity index (χ3v) is 3.99. The van der Waals surface area contributed by atoms with Crippen LogP contribution in [0.2, 0.25) is 5.28 Å². The van der Waals surface area contributed by atoms with E-state index in [2.05, 4.69) is 45.8 Å². The molecule has 0 amide bonds. The van der Waals surface area contributed by atoms with Crippen molar-refractivity contribution in [2.75, 3.05) is 4.90 Å². The van der Waals surface area contributed by atoms with Gasteiger partial charge in [-0.2, -0.15) is 4.98 Å². The van der Waals surface area contributed by atoms with Crippen LogP contribution in [-0.2, 0) is 0 Å².